The highest BCUT2D eigenvalue weighted by molar-refractivity contribution is 7.17. The van der Waals surface area contributed by atoms with Gasteiger partial charge in [-0.3, -0.25) is 4.79 Å². The predicted molar refractivity (Wildman–Crippen MR) is 80.9 cm³/mol. The van der Waals surface area contributed by atoms with E-state index < -0.39 is 5.38 Å². The number of hydrogen-bond acceptors (Lipinski definition) is 4. The van der Waals surface area contributed by atoms with Crippen molar-refractivity contribution in [1.82, 2.24) is 0 Å². The number of fused-ring (bicyclic) bond motifs is 1. The van der Waals surface area contributed by atoms with Crippen molar-refractivity contribution in [3.63, 3.8) is 0 Å². The maximum absolute atomic E-state index is 12.2. The highest BCUT2D eigenvalue weighted by Crippen LogP contribution is 2.38. The van der Waals surface area contributed by atoms with E-state index in [1.54, 1.807) is 13.8 Å². The Labute approximate surface area is 127 Å². The molecule has 20 heavy (non-hydrogen) atoms. The lowest BCUT2D eigenvalue weighted by Gasteiger charge is -2.12. The van der Waals surface area contributed by atoms with Crippen molar-refractivity contribution in [3.8, 4) is 0 Å². The van der Waals surface area contributed by atoms with Gasteiger partial charge in [0.15, 0.2) is 0 Å². The summed E-state index contributed by atoms with van der Waals surface area (Å²) >= 11 is 7.24. The van der Waals surface area contributed by atoms with Gasteiger partial charge in [0.2, 0.25) is 5.91 Å². The first-order chi connectivity index (χ1) is 9.54. The molecule has 1 heterocycles. The number of rotatable bonds is 4. The third-order valence-electron chi connectivity index (χ3n) is 3.25. The fourth-order valence-electron chi connectivity index (χ4n) is 2.28. The summed E-state index contributed by atoms with van der Waals surface area (Å²) in [7, 11) is 0. The molecule has 2 rings (SSSR count). The molecule has 0 saturated heterocycles. The summed E-state index contributed by atoms with van der Waals surface area (Å²) in [6, 6.07) is 0. The zero-order valence-corrected chi connectivity index (χ0v) is 13.2. The highest BCUT2D eigenvalue weighted by atomic mass is 35.5. The Bertz CT molecular complexity index is 525. The number of alkyl halides is 1. The van der Waals surface area contributed by atoms with Gasteiger partial charge in [-0.1, -0.05) is 0 Å². The number of carbonyl (C=O) groups excluding carboxylic acids is 2. The van der Waals surface area contributed by atoms with E-state index in [-0.39, 0.29) is 11.9 Å². The Morgan fingerprint density at radius 3 is 2.75 bits per heavy atom. The first-order valence-corrected chi connectivity index (χ1v) is 8.06. The Hall–Kier alpha value is -1.07. The molecule has 110 valence electrons. The van der Waals surface area contributed by atoms with Crippen molar-refractivity contribution in [3.05, 3.63) is 16.0 Å². The van der Waals surface area contributed by atoms with Gasteiger partial charge in [0.05, 0.1) is 12.2 Å². The molecule has 1 aliphatic carbocycles. The van der Waals surface area contributed by atoms with Crippen LogP contribution in [0.2, 0.25) is 0 Å². The number of thiophene rings is 1. The largest absolute Gasteiger partial charge is 0.462 e. The number of ether oxygens (including phenoxy) is 1. The average molecular weight is 316 g/mol. The second-order valence-corrected chi connectivity index (χ2v) is 6.50. The van der Waals surface area contributed by atoms with Gasteiger partial charge in [-0.15, -0.1) is 22.9 Å². The molecule has 1 aliphatic rings. The summed E-state index contributed by atoms with van der Waals surface area (Å²) < 4.78 is 5.12. The van der Waals surface area contributed by atoms with E-state index >= 15 is 0 Å². The average Bonchev–Trinajstić information content (AvgIpc) is 2.76. The highest BCUT2D eigenvalue weighted by Gasteiger charge is 2.27. The van der Waals surface area contributed by atoms with Crippen LogP contribution in [-0.4, -0.2) is 23.9 Å². The van der Waals surface area contributed by atoms with Crippen LogP contribution in [0.25, 0.3) is 0 Å². The summed E-state index contributed by atoms with van der Waals surface area (Å²) in [5.41, 5.74) is 1.56. The van der Waals surface area contributed by atoms with E-state index in [1.165, 1.54) is 16.2 Å². The van der Waals surface area contributed by atoms with Crippen molar-refractivity contribution in [2.24, 2.45) is 0 Å². The lowest BCUT2D eigenvalue weighted by molar-refractivity contribution is -0.115. The van der Waals surface area contributed by atoms with E-state index in [4.69, 9.17) is 16.3 Å². The number of nitrogens with one attached hydrogen (secondary N) is 1. The smallest absolute Gasteiger partial charge is 0.341 e. The Morgan fingerprint density at radius 2 is 2.10 bits per heavy atom. The van der Waals surface area contributed by atoms with Gasteiger partial charge in [0, 0.05) is 4.88 Å². The topological polar surface area (TPSA) is 55.4 Å². The second kappa shape index (κ2) is 6.59. The fourth-order valence-corrected chi connectivity index (χ4v) is 3.62. The Morgan fingerprint density at radius 1 is 1.40 bits per heavy atom. The monoisotopic (exact) mass is 315 g/mol. The number of halogens is 1. The van der Waals surface area contributed by atoms with Crippen molar-refractivity contribution in [2.45, 2.75) is 44.9 Å². The molecule has 1 N–H and O–H groups in total. The van der Waals surface area contributed by atoms with Crippen molar-refractivity contribution in [2.75, 3.05) is 11.9 Å². The molecule has 0 spiro atoms. The molecule has 0 saturated carbocycles. The SMILES string of the molecule is CCOC(=O)c1c(NC(=O)[C@@H](C)Cl)sc2c1CCCC2. The van der Waals surface area contributed by atoms with Crippen LogP contribution in [0.15, 0.2) is 0 Å². The van der Waals surface area contributed by atoms with Gasteiger partial charge in [-0.2, -0.15) is 0 Å². The zero-order valence-electron chi connectivity index (χ0n) is 11.6. The number of carbonyl (C=O) groups is 2. The standard InChI is InChI=1S/C14H18ClNO3S/c1-3-19-14(18)11-9-6-4-5-7-10(9)20-13(11)16-12(17)8(2)15/h8H,3-7H2,1-2H3,(H,16,17)/t8-/m1/s1. The maximum Gasteiger partial charge on any atom is 0.341 e. The van der Waals surface area contributed by atoms with Crippen LogP contribution in [0, 0.1) is 0 Å². The van der Waals surface area contributed by atoms with Crippen LogP contribution < -0.4 is 5.32 Å². The first-order valence-electron chi connectivity index (χ1n) is 6.81. The van der Waals surface area contributed by atoms with Crippen molar-refractivity contribution >= 4 is 39.8 Å². The van der Waals surface area contributed by atoms with Gasteiger partial charge in [-0.25, -0.2) is 4.79 Å². The van der Waals surface area contributed by atoms with Gasteiger partial charge in [-0.05, 0) is 45.1 Å². The second-order valence-electron chi connectivity index (χ2n) is 4.74. The Balaban J connectivity index is 2.36. The molecule has 0 bridgehead atoms. The minimum Gasteiger partial charge on any atom is -0.462 e. The lowest BCUT2D eigenvalue weighted by Crippen LogP contribution is -2.21. The molecule has 6 heteroatoms. The third-order valence-corrected chi connectivity index (χ3v) is 4.65. The molecule has 0 unspecified atom stereocenters. The van der Waals surface area contributed by atoms with Gasteiger partial charge in [0.1, 0.15) is 10.4 Å². The van der Waals surface area contributed by atoms with Crippen LogP contribution in [0.5, 0.6) is 0 Å². The molecule has 0 aromatic carbocycles. The Kier molecular flexibility index (Phi) is 5.05. The summed E-state index contributed by atoms with van der Waals surface area (Å²) in [6.07, 6.45) is 4.01. The van der Waals surface area contributed by atoms with Gasteiger partial charge < -0.3 is 10.1 Å². The van der Waals surface area contributed by atoms with Crippen LogP contribution >= 0.6 is 22.9 Å². The molecule has 0 fully saturated rings. The number of anilines is 1. The van der Waals surface area contributed by atoms with Crippen LogP contribution in [0.1, 0.15) is 47.5 Å². The normalized spacial score (nSPS) is 15.3. The van der Waals surface area contributed by atoms with E-state index in [0.29, 0.717) is 17.2 Å². The predicted octanol–water partition coefficient (Wildman–Crippen LogP) is 3.37. The van der Waals surface area contributed by atoms with E-state index in [2.05, 4.69) is 5.32 Å². The maximum atomic E-state index is 12.2. The molecular formula is C14H18ClNO3S. The van der Waals surface area contributed by atoms with Gasteiger partial charge >= 0.3 is 5.97 Å². The minimum absolute atomic E-state index is 0.296. The number of esters is 1. The minimum atomic E-state index is -0.635. The van der Waals surface area contributed by atoms with E-state index in [0.717, 1.165) is 31.2 Å². The third kappa shape index (κ3) is 3.15. The van der Waals surface area contributed by atoms with Crippen LogP contribution in [-0.2, 0) is 22.4 Å². The molecule has 1 atom stereocenters. The quantitative estimate of drug-likeness (QED) is 0.684. The summed E-state index contributed by atoms with van der Waals surface area (Å²) in [6.45, 7) is 3.70. The molecule has 1 aromatic rings. The van der Waals surface area contributed by atoms with Gasteiger partial charge in [0.25, 0.3) is 0 Å². The molecule has 1 aromatic heterocycles. The molecule has 0 aliphatic heterocycles. The van der Waals surface area contributed by atoms with E-state index in [9.17, 15) is 9.59 Å². The van der Waals surface area contributed by atoms with Crippen molar-refractivity contribution in [1.29, 1.82) is 0 Å². The van der Waals surface area contributed by atoms with Crippen LogP contribution in [0.3, 0.4) is 0 Å². The summed E-state index contributed by atoms with van der Waals surface area (Å²) in [5.74, 6) is -0.653. The molecular weight excluding hydrogens is 298 g/mol. The summed E-state index contributed by atoms with van der Waals surface area (Å²) in [4.78, 5) is 25.1. The molecule has 0 radical (unpaired) electrons. The fraction of sp³-hybridized carbons (Fsp3) is 0.571. The lowest BCUT2D eigenvalue weighted by atomic mass is 9.95. The zero-order chi connectivity index (χ0) is 14.7. The molecule has 4 nitrogen and oxygen atoms in total. The molecule has 1 amide bonds. The van der Waals surface area contributed by atoms with Crippen molar-refractivity contribution < 1.29 is 14.3 Å². The number of aryl methyl sites for hydroxylation is 1. The number of amides is 1. The summed E-state index contributed by atoms with van der Waals surface area (Å²) in [5, 5.41) is 2.69. The van der Waals surface area contributed by atoms with Crippen LogP contribution in [0.4, 0.5) is 5.00 Å². The first kappa shape index (κ1) is 15.3. The van der Waals surface area contributed by atoms with E-state index in [1.807, 2.05) is 0 Å². The number of hydrogen-bond donors (Lipinski definition) is 1.